The maximum absolute atomic E-state index is 12.6. The van der Waals surface area contributed by atoms with E-state index in [9.17, 15) is 21.6 Å². The first-order chi connectivity index (χ1) is 8.73. The lowest BCUT2D eigenvalue weighted by Gasteiger charge is -2.20. The van der Waals surface area contributed by atoms with Crippen molar-refractivity contribution in [2.75, 3.05) is 19.6 Å². The molecule has 0 radical (unpaired) electrons. The zero-order valence-corrected chi connectivity index (χ0v) is 11.1. The zero-order chi connectivity index (χ0) is 14.7. The number of sulfonamides is 1. The Balaban J connectivity index is 3.22. The molecule has 0 aliphatic carbocycles. The van der Waals surface area contributed by atoms with E-state index in [0.29, 0.717) is 6.07 Å². The van der Waals surface area contributed by atoms with Gasteiger partial charge in [0.25, 0.3) is 0 Å². The van der Waals surface area contributed by atoms with Crippen molar-refractivity contribution in [3.05, 3.63) is 29.8 Å². The maximum Gasteiger partial charge on any atom is 0.416 e. The van der Waals surface area contributed by atoms with Crippen molar-refractivity contribution in [2.45, 2.75) is 18.0 Å². The van der Waals surface area contributed by atoms with E-state index in [0.717, 1.165) is 22.5 Å². The fourth-order valence-electron chi connectivity index (χ4n) is 1.57. The van der Waals surface area contributed by atoms with Crippen LogP contribution in [-0.2, 0) is 16.2 Å². The molecule has 0 saturated carbocycles. The first kappa shape index (κ1) is 15.9. The second-order valence-electron chi connectivity index (χ2n) is 3.81. The van der Waals surface area contributed by atoms with E-state index >= 15 is 0 Å². The average molecular weight is 296 g/mol. The van der Waals surface area contributed by atoms with Gasteiger partial charge in [-0.25, -0.2) is 8.42 Å². The van der Waals surface area contributed by atoms with E-state index in [1.165, 1.54) is 0 Å². The van der Waals surface area contributed by atoms with Crippen LogP contribution in [0.3, 0.4) is 0 Å². The Labute approximate surface area is 110 Å². The minimum Gasteiger partial charge on any atom is -0.329 e. The molecule has 0 atom stereocenters. The average Bonchev–Trinajstić information content (AvgIpc) is 2.34. The standard InChI is InChI=1S/C11H15F3N2O2S/c1-2-16(7-6-15)19(17,18)10-5-3-4-9(8-10)11(12,13)14/h3-5,8H,2,6-7,15H2,1H3. The summed E-state index contributed by atoms with van der Waals surface area (Å²) >= 11 is 0. The van der Waals surface area contributed by atoms with Crippen LogP contribution in [0.5, 0.6) is 0 Å². The molecule has 2 N–H and O–H groups in total. The van der Waals surface area contributed by atoms with Crippen LogP contribution in [0.2, 0.25) is 0 Å². The van der Waals surface area contributed by atoms with E-state index in [1.54, 1.807) is 6.92 Å². The van der Waals surface area contributed by atoms with Crippen LogP contribution in [0.25, 0.3) is 0 Å². The number of nitrogens with two attached hydrogens (primary N) is 1. The van der Waals surface area contributed by atoms with Gasteiger partial charge in [-0.15, -0.1) is 0 Å². The van der Waals surface area contributed by atoms with E-state index < -0.39 is 21.8 Å². The van der Waals surface area contributed by atoms with Gasteiger partial charge < -0.3 is 5.73 Å². The molecule has 0 bridgehead atoms. The summed E-state index contributed by atoms with van der Waals surface area (Å²) in [5.74, 6) is 0. The highest BCUT2D eigenvalue weighted by atomic mass is 32.2. The molecule has 4 nitrogen and oxygen atoms in total. The minimum absolute atomic E-state index is 0.0646. The fraction of sp³-hybridized carbons (Fsp3) is 0.455. The molecule has 0 aromatic heterocycles. The number of nitrogens with zero attached hydrogens (tertiary/aromatic N) is 1. The topological polar surface area (TPSA) is 63.4 Å². The Bertz CT molecular complexity index is 529. The van der Waals surface area contributed by atoms with Crippen LogP contribution in [0.15, 0.2) is 29.2 Å². The van der Waals surface area contributed by atoms with Gasteiger partial charge in [0.15, 0.2) is 0 Å². The van der Waals surface area contributed by atoms with E-state index in [-0.39, 0.29) is 24.5 Å². The van der Waals surface area contributed by atoms with Gasteiger partial charge in [-0.3, -0.25) is 0 Å². The fourth-order valence-corrected chi connectivity index (χ4v) is 3.08. The molecular weight excluding hydrogens is 281 g/mol. The molecule has 0 heterocycles. The summed E-state index contributed by atoms with van der Waals surface area (Å²) in [4.78, 5) is -0.377. The monoisotopic (exact) mass is 296 g/mol. The predicted molar refractivity (Wildman–Crippen MR) is 64.9 cm³/mol. The number of hydrogen-bond acceptors (Lipinski definition) is 3. The van der Waals surface area contributed by atoms with Crippen molar-refractivity contribution < 1.29 is 21.6 Å². The molecule has 0 unspecified atom stereocenters. The molecule has 0 amide bonds. The van der Waals surface area contributed by atoms with Crippen LogP contribution < -0.4 is 5.73 Å². The summed E-state index contributed by atoms with van der Waals surface area (Å²) < 4.78 is 63.0. The van der Waals surface area contributed by atoms with E-state index in [2.05, 4.69) is 0 Å². The third kappa shape index (κ3) is 3.68. The predicted octanol–water partition coefficient (Wildman–Crippen LogP) is 1.67. The quantitative estimate of drug-likeness (QED) is 0.899. The summed E-state index contributed by atoms with van der Waals surface area (Å²) in [7, 11) is -3.94. The molecule has 0 fully saturated rings. The lowest BCUT2D eigenvalue weighted by Crippen LogP contribution is -2.35. The number of benzene rings is 1. The van der Waals surface area contributed by atoms with Gasteiger partial charge in [0.1, 0.15) is 0 Å². The third-order valence-electron chi connectivity index (χ3n) is 2.53. The van der Waals surface area contributed by atoms with Crippen molar-refractivity contribution in [3.8, 4) is 0 Å². The van der Waals surface area contributed by atoms with Crippen LogP contribution in [0.4, 0.5) is 13.2 Å². The van der Waals surface area contributed by atoms with Gasteiger partial charge >= 0.3 is 6.18 Å². The lowest BCUT2D eigenvalue weighted by molar-refractivity contribution is -0.137. The van der Waals surface area contributed by atoms with Crippen molar-refractivity contribution in [2.24, 2.45) is 5.73 Å². The summed E-state index contributed by atoms with van der Waals surface area (Å²) in [6.45, 7) is 1.91. The van der Waals surface area contributed by atoms with Crippen LogP contribution in [-0.4, -0.2) is 32.4 Å². The largest absolute Gasteiger partial charge is 0.416 e. The van der Waals surface area contributed by atoms with E-state index in [1.807, 2.05) is 0 Å². The molecule has 1 aromatic rings. The molecule has 1 aromatic carbocycles. The molecule has 0 saturated heterocycles. The summed E-state index contributed by atoms with van der Waals surface area (Å²) in [5, 5.41) is 0. The second-order valence-corrected chi connectivity index (χ2v) is 5.75. The van der Waals surface area contributed by atoms with Crippen LogP contribution >= 0.6 is 0 Å². The number of likely N-dealkylation sites (N-methyl/N-ethyl adjacent to an activating group) is 1. The van der Waals surface area contributed by atoms with E-state index in [4.69, 9.17) is 5.73 Å². The van der Waals surface area contributed by atoms with Crippen molar-refractivity contribution >= 4 is 10.0 Å². The van der Waals surface area contributed by atoms with Crippen molar-refractivity contribution in [3.63, 3.8) is 0 Å². The van der Waals surface area contributed by atoms with Gasteiger partial charge in [-0.1, -0.05) is 13.0 Å². The number of halogens is 3. The molecule has 1 rings (SSSR count). The summed E-state index contributed by atoms with van der Waals surface area (Å²) in [6.07, 6.45) is -4.57. The van der Waals surface area contributed by atoms with Gasteiger partial charge in [0.2, 0.25) is 10.0 Å². The first-order valence-electron chi connectivity index (χ1n) is 5.61. The van der Waals surface area contributed by atoms with Crippen molar-refractivity contribution in [1.29, 1.82) is 0 Å². The smallest absolute Gasteiger partial charge is 0.329 e. The second kappa shape index (κ2) is 5.89. The van der Waals surface area contributed by atoms with Gasteiger partial charge in [0, 0.05) is 19.6 Å². The molecule has 108 valence electrons. The first-order valence-corrected chi connectivity index (χ1v) is 7.05. The minimum atomic E-state index is -4.57. The normalized spacial score (nSPS) is 12.9. The highest BCUT2D eigenvalue weighted by Crippen LogP contribution is 2.31. The number of alkyl halides is 3. The Hall–Kier alpha value is -1.12. The van der Waals surface area contributed by atoms with Gasteiger partial charge in [-0.2, -0.15) is 17.5 Å². The summed E-state index contributed by atoms with van der Waals surface area (Å²) in [6, 6.07) is 3.68. The Kier molecular flexibility index (Phi) is 4.94. The molecule has 0 aliphatic heterocycles. The lowest BCUT2D eigenvalue weighted by atomic mass is 10.2. The Morgan fingerprint density at radius 3 is 2.42 bits per heavy atom. The highest BCUT2D eigenvalue weighted by Gasteiger charge is 2.32. The van der Waals surface area contributed by atoms with Crippen LogP contribution in [0, 0.1) is 0 Å². The molecular formula is C11H15F3N2O2S. The molecule has 8 heteroatoms. The van der Waals surface area contributed by atoms with Crippen molar-refractivity contribution in [1.82, 2.24) is 4.31 Å². The van der Waals surface area contributed by atoms with Crippen LogP contribution in [0.1, 0.15) is 12.5 Å². The van der Waals surface area contributed by atoms with Gasteiger partial charge in [-0.05, 0) is 18.2 Å². The highest BCUT2D eigenvalue weighted by molar-refractivity contribution is 7.89. The third-order valence-corrected chi connectivity index (χ3v) is 4.50. The Morgan fingerprint density at radius 1 is 1.32 bits per heavy atom. The van der Waals surface area contributed by atoms with Gasteiger partial charge in [0.05, 0.1) is 10.5 Å². The molecule has 0 aliphatic rings. The maximum atomic E-state index is 12.6. The SMILES string of the molecule is CCN(CCN)S(=O)(=O)c1cccc(C(F)(F)F)c1. The number of hydrogen-bond donors (Lipinski definition) is 1. The zero-order valence-electron chi connectivity index (χ0n) is 10.3. The number of rotatable bonds is 5. The summed E-state index contributed by atoms with van der Waals surface area (Å²) in [5.41, 5.74) is 4.30. The Morgan fingerprint density at radius 2 is 1.95 bits per heavy atom. The molecule has 19 heavy (non-hydrogen) atoms. The molecule has 0 spiro atoms.